The van der Waals surface area contributed by atoms with E-state index in [4.69, 9.17) is 10.7 Å². The van der Waals surface area contributed by atoms with Crippen molar-refractivity contribution in [1.29, 1.82) is 0 Å². The summed E-state index contributed by atoms with van der Waals surface area (Å²) >= 11 is 0. The number of likely N-dealkylation sites (N-methyl/N-ethyl adjacent to an activating group) is 1. The Morgan fingerprint density at radius 1 is 1.00 bits per heavy atom. The van der Waals surface area contributed by atoms with Crippen LogP contribution in [-0.2, 0) is 5.54 Å². The highest BCUT2D eigenvalue weighted by Gasteiger charge is 2.37. The molecule has 5 rings (SSSR count). The Balaban J connectivity index is 1.50. The Labute approximate surface area is 188 Å². The summed E-state index contributed by atoms with van der Waals surface area (Å²) in [7, 11) is 2.17. The molecule has 0 bridgehead atoms. The van der Waals surface area contributed by atoms with E-state index in [0.717, 1.165) is 44.1 Å². The topological polar surface area (TPSA) is 62.4 Å². The number of benzene rings is 2. The standard InChI is InChI=1S/C25H31FN6/c1-25(2)24-29-22(18-4-8-19(26)9-5-18)23(27)32(24)21(16-28-25)17-6-10-20(11-7-17)31-14-12-30(3)13-15-31/h4-11,21,28H,12-16,27H2,1-3H3. The van der Waals surface area contributed by atoms with Gasteiger partial charge in [-0.15, -0.1) is 0 Å². The van der Waals surface area contributed by atoms with E-state index in [1.54, 1.807) is 12.1 Å². The highest BCUT2D eigenvalue weighted by molar-refractivity contribution is 5.71. The predicted molar refractivity (Wildman–Crippen MR) is 127 cm³/mol. The molecule has 1 aromatic heterocycles. The molecule has 2 aliphatic rings. The van der Waals surface area contributed by atoms with Gasteiger partial charge in [0.15, 0.2) is 0 Å². The number of rotatable bonds is 3. The van der Waals surface area contributed by atoms with Gasteiger partial charge in [0.25, 0.3) is 0 Å². The van der Waals surface area contributed by atoms with Crippen molar-refractivity contribution in [2.75, 3.05) is 50.4 Å². The number of imidazole rings is 1. The fraction of sp³-hybridized carbons (Fsp3) is 0.400. The van der Waals surface area contributed by atoms with E-state index in [1.165, 1.54) is 23.4 Å². The molecule has 0 amide bonds. The van der Waals surface area contributed by atoms with Crippen LogP contribution in [0.4, 0.5) is 15.9 Å². The number of anilines is 2. The molecule has 3 N–H and O–H groups in total. The van der Waals surface area contributed by atoms with Gasteiger partial charge in [-0.3, -0.25) is 0 Å². The molecule has 32 heavy (non-hydrogen) atoms. The number of hydrogen-bond acceptors (Lipinski definition) is 5. The molecule has 1 fully saturated rings. The molecule has 3 heterocycles. The lowest BCUT2D eigenvalue weighted by Crippen LogP contribution is -2.48. The number of nitrogens with one attached hydrogen (secondary N) is 1. The Bertz CT molecular complexity index is 1090. The SMILES string of the molecule is CN1CCN(c2ccc(C3CNC(C)(C)c4nc(-c5ccc(F)cc5)c(N)n43)cc2)CC1. The maximum absolute atomic E-state index is 13.4. The average molecular weight is 435 g/mol. The zero-order valence-corrected chi connectivity index (χ0v) is 19.0. The average Bonchev–Trinajstić information content (AvgIpc) is 3.14. The Hall–Kier alpha value is -2.90. The molecule has 0 radical (unpaired) electrons. The van der Waals surface area contributed by atoms with Crippen molar-refractivity contribution in [1.82, 2.24) is 19.8 Å². The van der Waals surface area contributed by atoms with E-state index in [1.807, 2.05) is 0 Å². The lowest BCUT2D eigenvalue weighted by atomic mass is 9.96. The normalized spacial score (nSPS) is 20.9. The minimum Gasteiger partial charge on any atom is -0.383 e. The summed E-state index contributed by atoms with van der Waals surface area (Å²) in [5.74, 6) is 1.25. The van der Waals surface area contributed by atoms with E-state index in [2.05, 4.69) is 64.8 Å². The highest BCUT2D eigenvalue weighted by Crippen LogP contribution is 2.38. The monoisotopic (exact) mass is 434 g/mol. The third-order valence-electron chi connectivity index (χ3n) is 6.82. The molecule has 0 aliphatic carbocycles. The van der Waals surface area contributed by atoms with Gasteiger partial charge in [-0.1, -0.05) is 12.1 Å². The largest absolute Gasteiger partial charge is 0.383 e. The van der Waals surface area contributed by atoms with E-state index in [0.29, 0.717) is 11.5 Å². The zero-order valence-electron chi connectivity index (χ0n) is 19.0. The molecule has 2 aliphatic heterocycles. The van der Waals surface area contributed by atoms with Crippen LogP contribution >= 0.6 is 0 Å². The van der Waals surface area contributed by atoms with Gasteiger partial charge in [0.1, 0.15) is 23.2 Å². The van der Waals surface area contributed by atoms with E-state index >= 15 is 0 Å². The van der Waals surface area contributed by atoms with Gasteiger partial charge in [0.2, 0.25) is 0 Å². The first-order chi connectivity index (χ1) is 15.3. The third-order valence-corrected chi connectivity index (χ3v) is 6.82. The van der Waals surface area contributed by atoms with Crippen molar-refractivity contribution in [3.05, 3.63) is 65.7 Å². The smallest absolute Gasteiger partial charge is 0.132 e. The fourth-order valence-electron chi connectivity index (χ4n) is 4.78. The van der Waals surface area contributed by atoms with Crippen molar-refractivity contribution in [2.24, 2.45) is 0 Å². The van der Waals surface area contributed by atoms with Crippen molar-refractivity contribution in [3.63, 3.8) is 0 Å². The molecule has 6 nitrogen and oxygen atoms in total. The first-order valence-corrected chi connectivity index (χ1v) is 11.3. The van der Waals surface area contributed by atoms with E-state index in [9.17, 15) is 4.39 Å². The van der Waals surface area contributed by atoms with Gasteiger partial charge in [0, 0.05) is 44.0 Å². The zero-order chi connectivity index (χ0) is 22.5. The number of hydrogen-bond donors (Lipinski definition) is 2. The lowest BCUT2D eigenvalue weighted by Gasteiger charge is -2.38. The molecule has 1 saturated heterocycles. The molecule has 168 valence electrons. The van der Waals surface area contributed by atoms with Crippen LogP contribution < -0.4 is 16.0 Å². The molecule has 2 aromatic carbocycles. The van der Waals surface area contributed by atoms with Crippen LogP contribution in [-0.4, -0.2) is 54.2 Å². The molecule has 0 spiro atoms. The second kappa shape index (κ2) is 7.90. The Morgan fingerprint density at radius 3 is 2.31 bits per heavy atom. The minimum atomic E-state index is -0.317. The second-order valence-electron chi connectivity index (χ2n) is 9.45. The van der Waals surface area contributed by atoms with Crippen molar-refractivity contribution >= 4 is 11.5 Å². The lowest BCUT2D eigenvalue weighted by molar-refractivity contribution is 0.293. The van der Waals surface area contributed by atoms with Crippen LogP contribution in [0, 0.1) is 5.82 Å². The first kappa shape index (κ1) is 21.0. The fourth-order valence-corrected chi connectivity index (χ4v) is 4.78. The van der Waals surface area contributed by atoms with Crippen LogP contribution in [0.1, 0.15) is 31.3 Å². The maximum atomic E-state index is 13.4. The molecule has 1 atom stereocenters. The van der Waals surface area contributed by atoms with Crippen molar-refractivity contribution < 1.29 is 4.39 Å². The number of halogens is 1. The Kier molecular flexibility index (Phi) is 5.18. The number of fused-ring (bicyclic) bond motifs is 1. The van der Waals surface area contributed by atoms with Gasteiger partial charge in [-0.2, -0.15) is 0 Å². The van der Waals surface area contributed by atoms with Gasteiger partial charge in [-0.05, 0) is 62.9 Å². The van der Waals surface area contributed by atoms with Gasteiger partial charge in [0.05, 0.1) is 11.6 Å². The van der Waals surface area contributed by atoms with Crippen LogP contribution in [0.25, 0.3) is 11.3 Å². The van der Waals surface area contributed by atoms with E-state index < -0.39 is 0 Å². The van der Waals surface area contributed by atoms with Crippen molar-refractivity contribution in [2.45, 2.75) is 25.4 Å². The summed E-state index contributed by atoms with van der Waals surface area (Å²) < 4.78 is 15.6. The summed E-state index contributed by atoms with van der Waals surface area (Å²) in [4.78, 5) is 9.72. The van der Waals surface area contributed by atoms with Crippen LogP contribution in [0.5, 0.6) is 0 Å². The minimum absolute atomic E-state index is 0.0428. The summed E-state index contributed by atoms with van der Waals surface area (Å²) in [6.07, 6.45) is 0. The van der Waals surface area contributed by atoms with Gasteiger partial charge >= 0.3 is 0 Å². The first-order valence-electron chi connectivity index (χ1n) is 11.3. The number of nitrogens with two attached hydrogens (primary N) is 1. The molecule has 7 heteroatoms. The molecule has 3 aromatic rings. The van der Waals surface area contributed by atoms with E-state index in [-0.39, 0.29) is 17.4 Å². The summed E-state index contributed by atoms with van der Waals surface area (Å²) in [6.45, 7) is 9.27. The van der Waals surface area contributed by atoms with Gasteiger partial charge < -0.3 is 25.4 Å². The number of aromatic nitrogens is 2. The van der Waals surface area contributed by atoms with Gasteiger partial charge in [-0.25, -0.2) is 9.37 Å². The summed E-state index contributed by atoms with van der Waals surface area (Å²) in [5.41, 5.74) is 10.3. The second-order valence-corrected chi connectivity index (χ2v) is 9.45. The maximum Gasteiger partial charge on any atom is 0.132 e. The summed E-state index contributed by atoms with van der Waals surface area (Å²) in [6, 6.07) is 15.3. The highest BCUT2D eigenvalue weighted by atomic mass is 19.1. The van der Waals surface area contributed by atoms with Crippen molar-refractivity contribution in [3.8, 4) is 11.3 Å². The quantitative estimate of drug-likeness (QED) is 0.661. The molecule has 0 saturated carbocycles. The van der Waals surface area contributed by atoms with Crippen LogP contribution in [0.15, 0.2) is 48.5 Å². The predicted octanol–water partition coefficient (Wildman–Crippen LogP) is 3.45. The number of nitrogens with zero attached hydrogens (tertiary/aromatic N) is 4. The van der Waals surface area contributed by atoms with Crippen LogP contribution in [0.2, 0.25) is 0 Å². The summed E-state index contributed by atoms with van der Waals surface area (Å²) in [5, 5.41) is 3.63. The molecule has 1 unspecified atom stereocenters. The Morgan fingerprint density at radius 2 is 1.66 bits per heavy atom. The molecular formula is C25H31FN6. The van der Waals surface area contributed by atoms with Crippen LogP contribution in [0.3, 0.4) is 0 Å². The number of nitrogen functional groups attached to an aromatic ring is 1. The molecular weight excluding hydrogens is 403 g/mol. The number of piperazine rings is 1. The third kappa shape index (κ3) is 3.65.